The standard InChI is InChI=1S/C19H24N2O3/c1-14(2)15-7-9-17(10-8-15)24-12-11-20-19(22)21-16-5-4-6-18(13-16)23-3/h4-10,13-14H,11-12H2,1-3H3,(H2,20,21,22). The van der Waals surface area contributed by atoms with Crippen LogP contribution in [0.15, 0.2) is 48.5 Å². The lowest BCUT2D eigenvalue weighted by molar-refractivity contribution is 0.247. The van der Waals surface area contributed by atoms with Crippen LogP contribution in [0.4, 0.5) is 10.5 Å². The van der Waals surface area contributed by atoms with Gasteiger partial charge in [-0.05, 0) is 35.7 Å². The summed E-state index contributed by atoms with van der Waals surface area (Å²) >= 11 is 0. The van der Waals surface area contributed by atoms with Crippen molar-refractivity contribution in [1.82, 2.24) is 5.32 Å². The number of urea groups is 1. The molecule has 0 aliphatic rings. The van der Waals surface area contributed by atoms with Crippen molar-refractivity contribution < 1.29 is 14.3 Å². The summed E-state index contributed by atoms with van der Waals surface area (Å²) in [6.07, 6.45) is 0. The van der Waals surface area contributed by atoms with Crippen LogP contribution in [0.25, 0.3) is 0 Å². The van der Waals surface area contributed by atoms with Gasteiger partial charge in [-0.15, -0.1) is 0 Å². The molecule has 0 aliphatic carbocycles. The van der Waals surface area contributed by atoms with Crippen LogP contribution in [0.3, 0.4) is 0 Å². The second-order valence-corrected chi connectivity index (χ2v) is 5.69. The topological polar surface area (TPSA) is 59.6 Å². The molecule has 5 heteroatoms. The first-order valence-electron chi connectivity index (χ1n) is 8.00. The Morgan fingerprint density at radius 1 is 1.08 bits per heavy atom. The van der Waals surface area contributed by atoms with E-state index < -0.39 is 0 Å². The Labute approximate surface area is 143 Å². The Kier molecular flexibility index (Phi) is 6.49. The molecule has 0 spiro atoms. The van der Waals surface area contributed by atoms with Gasteiger partial charge in [0.15, 0.2) is 0 Å². The van der Waals surface area contributed by atoms with Gasteiger partial charge in [-0.2, -0.15) is 0 Å². The van der Waals surface area contributed by atoms with E-state index in [1.165, 1.54) is 5.56 Å². The number of amides is 2. The molecule has 24 heavy (non-hydrogen) atoms. The monoisotopic (exact) mass is 328 g/mol. The molecule has 0 bridgehead atoms. The molecule has 0 fully saturated rings. The predicted molar refractivity (Wildman–Crippen MR) is 96.0 cm³/mol. The van der Waals surface area contributed by atoms with Gasteiger partial charge in [-0.3, -0.25) is 0 Å². The molecule has 2 aromatic rings. The molecule has 128 valence electrons. The van der Waals surface area contributed by atoms with Crippen molar-refractivity contribution in [3.63, 3.8) is 0 Å². The summed E-state index contributed by atoms with van der Waals surface area (Å²) in [5.41, 5.74) is 1.95. The van der Waals surface area contributed by atoms with Gasteiger partial charge < -0.3 is 20.1 Å². The number of carbonyl (C=O) groups excluding carboxylic acids is 1. The molecule has 2 amide bonds. The zero-order chi connectivity index (χ0) is 17.4. The van der Waals surface area contributed by atoms with Crippen molar-refractivity contribution in [2.45, 2.75) is 19.8 Å². The van der Waals surface area contributed by atoms with Crippen LogP contribution in [-0.2, 0) is 0 Å². The highest BCUT2D eigenvalue weighted by Crippen LogP contribution is 2.18. The fraction of sp³-hybridized carbons (Fsp3) is 0.316. The molecule has 0 radical (unpaired) electrons. The number of anilines is 1. The van der Waals surface area contributed by atoms with Crippen LogP contribution >= 0.6 is 0 Å². The molecule has 0 atom stereocenters. The van der Waals surface area contributed by atoms with E-state index in [2.05, 4.69) is 36.6 Å². The number of ether oxygens (including phenoxy) is 2. The Hall–Kier alpha value is -2.69. The number of rotatable bonds is 7. The van der Waals surface area contributed by atoms with Crippen molar-refractivity contribution in [1.29, 1.82) is 0 Å². The van der Waals surface area contributed by atoms with Gasteiger partial charge >= 0.3 is 6.03 Å². The molecule has 0 unspecified atom stereocenters. The van der Waals surface area contributed by atoms with Crippen LogP contribution in [0.1, 0.15) is 25.3 Å². The Bertz CT molecular complexity index is 654. The number of carbonyl (C=O) groups is 1. The first kappa shape index (κ1) is 17.7. The summed E-state index contributed by atoms with van der Waals surface area (Å²) in [7, 11) is 1.59. The van der Waals surface area contributed by atoms with Crippen LogP contribution in [0.2, 0.25) is 0 Å². The fourth-order valence-corrected chi connectivity index (χ4v) is 2.16. The van der Waals surface area contributed by atoms with Gasteiger partial charge in [0.05, 0.1) is 13.7 Å². The summed E-state index contributed by atoms with van der Waals surface area (Å²) in [6, 6.07) is 14.9. The van der Waals surface area contributed by atoms with E-state index in [0.29, 0.717) is 30.5 Å². The lowest BCUT2D eigenvalue weighted by atomic mass is 10.0. The average Bonchev–Trinajstić information content (AvgIpc) is 2.59. The highest BCUT2D eigenvalue weighted by Gasteiger charge is 2.03. The molecular weight excluding hydrogens is 304 g/mol. The largest absolute Gasteiger partial charge is 0.497 e. The first-order chi connectivity index (χ1) is 11.6. The molecule has 0 aromatic heterocycles. The second-order valence-electron chi connectivity index (χ2n) is 5.69. The number of hydrogen-bond donors (Lipinski definition) is 2. The van der Waals surface area contributed by atoms with Crippen molar-refractivity contribution in [3.05, 3.63) is 54.1 Å². The minimum absolute atomic E-state index is 0.276. The van der Waals surface area contributed by atoms with E-state index in [1.807, 2.05) is 24.3 Å². The zero-order valence-electron chi connectivity index (χ0n) is 14.3. The number of hydrogen-bond acceptors (Lipinski definition) is 3. The van der Waals surface area contributed by atoms with Crippen molar-refractivity contribution >= 4 is 11.7 Å². The quantitative estimate of drug-likeness (QED) is 0.755. The van der Waals surface area contributed by atoms with Crippen LogP contribution < -0.4 is 20.1 Å². The Morgan fingerprint density at radius 3 is 2.50 bits per heavy atom. The smallest absolute Gasteiger partial charge is 0.319 e. The van der Waals surface area contributed by atoms with Crippen molar-refractivity contribution in [2.24, 2.45) is 0 Å². The van der Waals surface area contributed by atoms with Crippen molar-refractivity contribution in [3.8, 4) is 11.5 Å². The van der Waals surface area contributed by atoms with Gasteiger partial charge in [-0.25, -0.2) is 4.79 Å². The second kappa shape index (κ2) is 8.82. The van der Waals surface area contributed by atoms with Crippen LogP contribution in [0.5, 0.6) is 11.5 Å². The van der Waals surface area contributed by atoms with Gasteiger partial charge in [0.2, 0.25) is 0 Å². The summed E-state index contributed by atoms with van der Waals surface area (Å²) in [5, 5.41) is 5.50. The van der Waals surface area contributed by atoms with E-state index in [0.717, 1.165) is 5.75 Å². The normalized spacial score (nSPS) is 10.3. The maximum absolute atomic E-state index is 11.8. The third-order valence-corrected chi connectivity index (χ3v) is 3.53. The minimum atomic E-state index is -0.276. The molecule has 2 N–H and O–H groups in total. The molecule has 0 aliphatic heterocycles. The van der Waals surface area contributed by atoms with E-state index in [4.69, 9.17) is 9.47 Å². The zero-order valence-corrected chi connectivity index (χ0v) is 14.3. The third kappa shape index (κ3) is 5.50. The van der Waals surface area contributed by atoms with Gasteiger partial charge in [0.1, 0.15) is 18.1 Å². The van der Waals surface area contributed by atoms with Crippen LogP contribution in [-0.4, -0.2) is 26.3 Å². The molecule has 5 nitrogen and oxygen atoms in total. The number of nitrogens with one attached hydrogen (secondary N) is 2. The third-order valence-electron chi connectivity index (χ3n) is 3.53. The maximum Gasteiger partial charge on any atom is 0.319 e. The first-order valence-corrected chi connectivity index (χ1v) is 8.00. The minimum Gasteiger partial charge on any atom is -0.497 e. The summed E-state index contributed by atoms with van der Waals surface area (Å²) < 4.78 is 10.7. The molecule has 2 rings (SSSR count). The van der Waals surface area contributed by atoms with E-state index in [1.54, 1.807) is 19.2 Å². The van der Waals surface area contributed by atoms with Crippen LogP contribution in [0, 0.1) is 0 Å². The Morgan fingerprint density at radius 2 is 1.83 bits per heavy atom. The predicted octanol–water partition coefficient (Wildman–Crippen LogP) is 4.02. The number of methoxy groups -OCH3 is 1. The maximum atomic E-state index is 11.8. The van der Waals surface area contributed by atoms with Crippen molar-refractivity contribution in [2.75, 3.05) is 25.6 Å². The van der Waals surface area contributed by atoms with E-state index >= 15 is 0 Å². The van der Waals surface area contributed by atoms with Gasteiger partial charge in [-0.1, -0.05) is 32.0 Å². The lowest BCUT2D eigenvalue weighted by Gasteiger charge is -2.11. The van der Waals surface area contributed by atoms with E-state index in [9.17, 15) is 4.79 Å². The fourth-order valence-electron chi connectivity index (χ4n) is 2.16. The molecule has 2 aromatic carbocycles. The molecular formula is C19H24N2O3. The molecule has 0 saturated carbocycles. The lowest BCUT2D eigenvalue weighted by Crippen LogP contribution is -2.32. The summed E-state index contributed by atoms with van der Waals surface area (Å²) in [6.45, 7) is 5.13. The summed E-state index contributed by atoms with van der Waals surface area (Å²) in [4.78, 5) is 11.8. The van der Waals surface area contributed by atoms with Gasteiger partial charge in [0.25, 0.3) is 0 Å². The highest BCUT2D eigenvalue weighted by atomic mass is 16.5. The van der Waals surface area contributed by atoms with E-state index in [-0.39, 0.29) is 6.03 Å². The summed E-state index contributed by atoms with van der Waals surface area (Å²) in [5.74, 6) is 2.00. The number of benzene rings is 2. The SMILES string of the molecule is COc1cccc(NC(=O)NCCOc2ccc(C(C)C)cc2)c1. The Balaban J connectivity index is 1.70. The molecule has 0 saturated heterocycles. The molecule has 0 heterocycles. The average molecular weight is 328 g/mol. The highest BCUT2D eigenvalue weighted by molar-refractivity contribution is 5.89. The van der Waals surface area contributed by atoms with Gasteiger partial charge in [0, 0.05) is 11.8 Å².